The highest BCUT2D eigenvalue weighted by Crippen LogP contribution is 2.39. The van der Waals surface area contributed by atoms with Gasteiger partial charge in [0.15, 0.2) is 0 Å². The van der Waals surface area contributed by atoms with Crippen molar-refractivity contribution in [2.75, 3.05) is 0 Å². The quantitative estimate of drug-likeness (QED) is 0.605. The van der Waals surface area contributed by atoms with E-state index in [-0.39, 0.29) is 18.6 Å². The van der Waals surface area contributed by atoms with Gasteiger partial charge in [-0.15, -0.1) is 0 Å². The molecule has 138 valence electrons. The van der Waals surface area contributed by atoms with E-state index in [1.165, 1.54) is 6.08 Å². The van der Waals surface area contributed by atoms with Gasteiger partial charge in [-0.25, -0.2) is 4.98 Å². The SMILES string of the molecule is C=CC(=O)NC1CCC=C(c2c(CO)cnc3[nH]cc(-c4ccco4)c23)C1. The number of aliphatic hydroxyl groups is 1. The predicted octanol–water partition coefficient (Wildman–Crippen LogP) is 3.55. The van der Waals surface area contributed by atoms with Gasteiger partial charge in [0, 0.05) is 34.9 Å². The molecule has 0 radical (unpaired) electrons. The van der Waals surface area contributed by atoms with Crippen LogP contribution in [0.4, 0.5) is 0 Å². The van der Waals surface area contributed by atoms with Gasteiger partial charge < -0.3 is 19.8 Å². The lowest BCUT2D eigenvalue weighted by molar-refractivity contribution is -0.117. The van der Waals surface area contributed by atoms with E-state index in [2.05, 4.69) is 27.9 Å². The Bertz CT molecular complexity index is 1010. The van der Waals surface area contributed by atoms with E-state index in [0.29, 0.717) is 6.42 Å². The maximum atomic E-state index is 11.7. The zero-order chi connectivity index (χ0) is 18.8. The zero-order valence-corrected chi connectivity index (χ0v) is 14.9. The molecule has 3 aromatic heterocycles. The molecule has 3 N–H and O–H groups in total. The summed E-state index contributed by atoms with van der Waals surface area (Å²) in [7, 11) is 0. The monoisotopic (exact) mass is 363 g/mol. The number of rotatable bonds is 5. The molecular formula is C21H21N3O3. The van der Waals surface area contributed by atoms with Gasteiger partial charge in [-0.2, -0.15) is 0 Å². The Balaban J connectivity index is 1.82. The average Bonchev–Trinajstić information content (AvgIpc) is 3.36. The zero-order valence-electron chi connectivity index (χ0n) is 14.9. The Morgan fingerprint density at radius 2 is 2.41 bits per heavy atom. The molecule has 4 rings (SSSR count). The number of aromatic amines is 1. The van der Waals surface area contributed by atoms with Gasteiger partial charge in [-0.05, 0) is 48.6 Å². The van der Waals surface area contributed by atoms with Gasteiger partial charge in [0.25, 0.3) is 0 Å². The molecule has 1 atom stereocenters. The Kier molecular flexibility index (Phi) is 4.64. The number of fused-ring (bicyclic) bond motifs is 1. The standard InChI is InChI=1S/C21H21N3O3/c1-2-18(26)24-15-6-3-5-13(9-15)19-14(12-25)10-22-21-20(19)16(11-23-21)17-7-4-8-27-17/h2,4-5,7-8,10-11,15,25H,1,3,6,9,12H2,(H,22,23)(H,24,26). The summed E-state index contributed by atoms with van der Waals surface area (Å²) in [6.45, 7) is 3.41. The van der Waals surface area contributed by atoms with Crippen LogP contribution in [0, 0.1) is 0 Å². The number of nitrogens with zero attached hydrogens (tertiary/aromatic N) is 1. The van der Waals surface area contributed by atoms with Crippen molar-refractivity contribution >= 4 is 22.5 Å². The molecule has 1 unspecified atom stereocenters. The van der Waals surface area contributed by atoms with Crippen molar-refractivity contribution in [3.63, 3.8) is 0 Å². The fourth-order valence-corrected chi connectivity index (χ4v) is 3.74. The summed E-state index contributed by atoms with van der Waals surface area (Å²) in [5, 5.41) is 13.8. The topological polar surface area (TPSA) is 91.1 Å². The number of furan rings is 1. The van der Waals surface area contributed by atoms with Crippen LogP contribution in [0.2, 0.25) is 0 Å². The molecule has 0 aromatic carbocycles. The number of allylic oxidation sites excluding steroid dienone is 1. The van der Waals surface area contributed by atoms with Gasteiger partial charge in [0.2, 0.25) is 5.91 Å². The highest BCUT2D eigenvalue weighted by molar-refractivity contribution is 6.01. The Morgan fingerprint density at radius 3 is 3.15 bits per heavy atom. The molecule has 0 saturated carbocycles. The largest absolute Gasteiger partial charge is 0.464 e. The van der Waals surface area contributed by atoms with Gasteiger partial charge >= 0.3 is 0 Å². The first-order valence-corrected chi connectivity index (χ1v) is 8.97. The van der Waals surface area contributed by atoms with E-state index >= 15 is 0 Å². The van der Waals surface area contributed by atoms with E-state index in [0.717, 1.165) is 51.9 Å². The normalized spacial score (nSPS) is 16.9. The minimum Gasteiger partial charge on any atom is -0.464 e. The van der Waals surface area contributed by atoms with Crippen molar-refractivity contribution < 1.29 is 14.3 Å². The van der Waals surface area contributed by atoms with Gasteiger partial charge in [-0.3, -0.25) is 4.79 Å². The Hall–Kier alpha value is -3.12. The Labute approximate surface area is 156 Å². The van der Waals surface area contributed by atoms with E-state index in [9.17, 15) is 9.90 Å². The van der Waals surface area contributed by atoms with Crippen molar-refractivity contribution in [1.29, 1.82) is 0 Å². The molecule has 0 bridgehead atoms. The first-order chi connectivity index (χ1) is 13.2. The fraction of sp³-hybridized carbons (Fsp3) is 0.238. The molecule has 6 heteroatoms. The first-order valence-electron chi connectivity index (χ1n) is 8.97. The van der Waals surface area contributed by atoms with Crippen molar-refractivity contribution in [2.45, 2.75) is 31.9 Å². The summed E-state index contributed by atoms with van der Waals surface area (Å²) >= 11 is 0. The number of hydrogen-bond acceptors (Lipinski definition) is 4. The molecule has 0 fully saturated rings. The van der Waals surface area contributed by atoms with Crippen LogP contribution in [0.5, 0.6) is 0 Å². The summed E-state index contributed by atoms with van der Waals surface area (Å²) in [6, 6.07) is 3.79. The van der Waals surface area contributed by atoms with E-state index < -0.39 is 0 Å². The summed E-state index contributed by atoms with van der Waals surface area (Å²) in [5.74, 6) is 0.578. The van der Waals surface area contributed by atoms with Crippen LogP contribution in [0.3, 0.4) is 0 Å². The highest BCUT2D eigenvalue weighted by Gasteiger charge is 2.24. The van der Waals surface area contributed by atoms with Crippen molar-refractivity contribution in [3.8, 4) is 11.3 Å². The van der Waals surface area contributed by atoms with E-state index in [1.807, 2.05) is 18.3 Å². The van der Waals surface area contributed by atoms with Crippen LogP contribution < -0.4 is 5.32 Å². The maximum Gasteiger partial charge on any atom is 0.243 e. The third-order valence-electron chi connectivity index (χ3n) is 4.96. The number of aromatic nitrogens is 2. The van der Waals surface area contributed by atoms with Crippen LogP contribution in [0.15, 0.2) is 53.9 Å². The maximum absolute atomic E-state index is 11.7. The van der Waals surface area contributed by atoms with Crippen LogP contribution >= 0.6 is 0 Å². The lowest BCUT2D eigenvalue weighted by atomic mass is 9.86. The summed E-state index contributed by atoms with van der Waals surface area (Å²) in [4.78, 5) is 19.4. The molecule has 0 saturated heterocycles. The molecule has 3 heterocycles. The number of hydrogen-bond donors (Lipinski definition) is 3. The molecule has 1 amide bonds. The van der Waals surface area contributed by atoms with Crippen molar-refractivity contribution in [2.24, 2.45) is 0 Å². The number of carbonyl (C=O) groups excluding carboxylic acids is 1. The minimum absolute atomic E-state index is 0.0382. The number of amides is 1. The molecule has 1 aliphatic carbocycles. The molecule has 0 spiro atoms. The number of aliphatic hydroxyl groups excluding tert-OH is 1. The fourth-order valence-electron chi connectivity index (χ4n) is 3.74. The van der Waals surface area contributed by atoms with Crippen LogP contribution in [-0.4, -0.2) is 27.0 Å². The average molecular weight is 363 g/mol. The first kappa shape index (κ1) is 17.3. The lowest BCUT2D eigenvalue weighted by Crippen LogP contribution is -2.34. The third-order valence-corrected chi connectivity index (χ3v) is 4.96. The number of carbonyl (C=O) groups is 1. The number of nitrogens with one attached hydrogen (secondary N) is 2. The summed E-state index contributed by atoms with van der Waals surface area (Å²) in [6.07, 6.45) is 11.1. The van der Waals surface area contributed by atoms with Crippen LogP contribution in [0.25, 0.3) is 27.9 Å². The van der Waals surface area contributed by atoms with Gasteiger partial charge in [0.1, 0.15) is 11.4 Å². The minimum atomic E-state index is -0.165. The summed E-state index contributed by atoms with van der Waals surface area (Å²) in [5.41, 5.74) is 4.47. The highest BCUT2D eigenvalue weighted by atomic mass is 16.3. The molecule has 27 heavy (non-hydrogen) atoms. The molecule has 6 nitrogen and oxygen atoms in total. The van der Waals surface area contributed by atoms with Crippen molar-refractivity contribution in [1.82, 2.24) is 15.3 Å². The molecule has 3 aromatic rings. The smallest absolute Gasteiger partial charge is 0.243 e. The van der Waals surface area contributed by atoms with Gasteiger partial charge in [0.05, 0.1) is 12.9 Å². The second kappa shape index (κ2) is 7.25. The second-order valence-electron chi connectivity index (χ2n) is 6.64. The lowest BCUT2D eigenvalue weighted by Gasteiger charge is -2.25. The third kappa shape index (κ3) is 3.19. The number of H-pyrrole nitrogens is 1. The summed E-state index contributed by atoms with van der Waals surface area (Å²) < 4.78 is 5.59. The molecule has 0 aliphatic heterocycles. The Morgan fingerprint density at radius 1 is 1.52 bits per heavy atom. The predicted molar refractivity (Wildman–Crippen MR) is 104 cm³/mol. The van der Waals surface area contributed by atoms with Crippen LogP contribution in [0.1, 0.15) is 30.4 Å². The number of pyridine rings is 1. The van der Waals surface area contributed by atoms with E-state index in [1.54, 1.807) is 12.5 Å². The molecule has 1 aliphatic rings. The second-order valence-corrected chi connectivity index (χ2v) is 6.64. The molecular weight excluding hydrogens is 342 g/mol. The van der Waals surface area contributed by atoms with E-state index in [4.69, 9.17) is 4.42 Å². The van der Waals surface area contributed by atoms with Crippen molar-refractivity contribution in [3.05, 3.63) is 60.6 Å². The van der Waals surface area contributed by atoms with Gasteiger partial charge in [-0.1, -0.05) is 12.7 Å². The van der Waals surface area contributed by atoms with Crippen LogP contribution in [-0.2, 0) is 11.4 Å².